The number of benzene rings is 1. The molecule has 0 radical (unpaired) electrons. The van der Waals surface area contributed by atoms with Crippen LogP contribution in [0.5, 0.6) is 5.75 Å². The molecule has 4 N–H and O–H groups in total. The first-order chi connectivity index (χ1) is 23.2. The van der Waals surface area contributed by atoms with Crippen LogP contribution >= 0.6 is 8.17 Å². The maximum atomic E-state index is 16.5. The number of nitrogen functional groups attached to an aromatic ring is 1. The number of esters is 2. The Bertz CT molecular complexity index is 1590. The molecule has 1 fully saturated rings. The number of hydrogen-bond acceptors (Lipinski definition) is 14. The Kier molecular flexibility index (Phi) is 13.4. The average Bonchev–Trinajstić information content (AvgIpc) is 3.23. The molecule has 1 saturated heterocycles. The van der Waals surface area contributed by atoms with Crippen molar-refractivity contribution >= 4 is 32.0 Å². The van der Waals surface area contributed by atoms with Crippen molar-refractivity contribution in [1.29, 1.82) is 0 Å². The van der Waals surface area contributed by atoms with Gasteiger partial charge in [-0.05, 0) is 65.7 Å². The van der Waals surface area contributed by atoms with Gasteiger partial charge in [-0.2, -0.15) is 13.8 Å². The second-order valence-electron chi connectivity index (χ2n) is 13.0. The third-order valence-electron chi connectivity index (χ3n) is 6.82. The Hall–Kier alpha value is -4.25. The molecule has 0 aliphatic carbocycles. The number of alkyl halides is 2. The van der Waals surface area contributed by atoms with Gasteiger partial charge < -0.3 is 34.9 Å². The molecule has 1 amide bonds. The van der Waals surface area contributed by atoms with Crippen molar-refractivity contribution in [3.05, 3.63) is 53.1 Å². The number of nitrogens with one attached hydrogen (secondary N) is 2. The molecule has 1 aliphatic heterocycles. The van der Waals surface area contributed by atoms with E-state index in [4.69, 9.17) is 29.2 Å². The summed E-state index contributed by atoms with van der Waals surface area (Å²) >= 11 is 0. The Labute approximate surface area is 288 Å². The van der Waals surface area contributed by atoms with Crippen LogP contribution < -0.4 is 31.5 Å². The number of para-hydroxylation sites is 1. The number of anilines is 1. The highest BCUT2D eigenvalue weighted by Gasteiger charge is 2.65. The lowest BCUT2D eigenvalue weighted by Crippen LogP contribution is -2.55. The topological polar surface area (TPSA) is 218 Å². The van der Waals surface area contributed by atoms with Gasteiger partial charge in [0.1, 0.15) is 29.6 Å². The van der Waals surface area contributed by atoms with E-state index in [-0.39, 0.29) is 11.6 Å². The maximum Gasteiger partial charge on any atom is 0.408 e. The SMILES string of the molecule is CC(C)OC(=O)[C@H](C)N[C@@H](N=[P+]([O-])Oc1ccccc1)[C@H]1OC(n2ccc(N)nc2=O)C(F)(F)[C@@H]1OC(=O)[C@@H](NC(=O)OC(C)(C)C)C(C)C. The minimum Gasteiger partial charge on any atom is -0.575 e. The second-order valence-corrected chi connectivity index (χ2v) is 13.9. The van der Waals surface area contributed by atoms with Gasteiger partial charge >= 0.3 is 37.8 Å². The molecular weight excluding hydrogens is 685 g/mol. The number of carbonyl (C=O) groups is 3. The summed E-state index contributed by atoms with van der Waals surface area (Å²) in [6.45, 7) is 12.3. The molecule has 19 heteroatoms. The monoisotopic (exact) mass is 728 g/mol. The minimum atomic E-state index is -4.21. The van der Waals surface area contributed by atoms with Crippen LogP contribution in [-0.2, 0) is 28.5 Å². The molecule has 0 bridgehead atoms. The fourth-order valence-electron chi connectivity index (χ4n) is 4.59. The summed E-state index contributed by atoms with van der Waals surface area (Å²) in [4.78, 5) is 68.3. The first-order valence-electron chi connectivity index (χ1n) is 15.6. The molecule has 2 unspecified atom stereocenters. The normalized spacial score (nSPS) is 20.9. The molecule has 1 aromatic carbocycles. The summed E-state index contributed by atoms with van der Waals surface area (Å²) < 4.78 is 64.4. The van der Waals surface area contributed by atoms with E-state index in [0.717, 1.165) is 12.3 Å². The largest absolute Gasteiger partial charge is 0.575 e. The number of rotatable bonds is 13. The van der Waals surface area contributed by atoms with E-state index in [9.17, 15) is 24.1 Å². The summed E-state index contributed by atoms with van der Waals surface area (Å²) in [5, 5.41) is 4.99. The standard InChI is InChI=1S/C31H43F2N6O10P/c1-16(2)21(37-29(43)48-30(6,7)8)26(41)47-23-22(46-27(31(23,32)33)39-15-14-20(34)36-28(39)42)24(35-18(5)25(40)45-17(3)4)38-50(44)49-19-12-10-9-11-13-19/h9-18,21-24,27,35H,1-8H3,(H,37,43)(H2,34,36,42)/t18-,21-,22-,23+,24-,27?/m0/s1. The van der Waals surface area contributed by atoms with E-state index in [1.807, 2.05) is 0 Å². The van der Waals surface area contributed by atoms with Crippen molar-refractivity contribution in [2.75, 3.05) is 5.73 Å². The van der Waals surface area contributed by atoms with E-state index < -0.39 is 92.1 Å². The molecule has 3 rings (SSSR count). The number of nitrogens with two attached hydrogens (primary N) is 1. The number of carbonyl (C=O) groups excluding carboxylic acids is 3. The summed E-state index contributed by atoms with van der Waals surface area (Å²) in [5.74, 6) is -7.18. The van der Waals surface area contributed by atoms with Crippen LogP contribution in [0.1, 0.15) is 61.6 Å². The number of halogens is 2. The number of alkyl carbamates (subject to hydrolysis) is 1. The van der Waals surface area contributed by atoms with E-state index in [1.54, 1.807) is 52.8 Å². The lowest BCUT2D eigenvalue weighted by Gasteiger charge is -2.30. The van der Waals surface area contributed by atoms with E-state index in [1.165, 1.54) is 32.9 Å². The zero-order valence-corrected chi connectivity index (χ0v) is 29.8. The van der Waals surface area contributed by atoms with Crippen LogP contribution in [0.2, 0.25) is 0 Å². The predicted octanol–water partition coefficient (Wildman–Crippen LogP) is 3.01. The van der Waals surface area contributed by atoms with Crippen LogP contribution in [0.4, 0.5) is 19.4 Å². The Balaban J connectivity index is 2.11. The smallest absolute Gasteiger partial charge is 0.408 e. The summed E-state index contributed by atoms with van der Waals surface area (Å²) in [6, 6.07) is 6.11. The van der Waals surface area contributed by atoms with Gasteiger partial charge in [-0.15, -0.1) is 0 Å². The van der Waals surface area contributed by atoms with E-state index >= 15 is 8.78 Å². The highest BCUT2D eigenvalue weighted by molar-refractivity contribution is 7.34. The van der Waals surface area contributed by atoms with Crippen molar-refractivity contribution in [1.82, 2.24) is 20.2 Å². The van der Waals surface area contributed by atoms with Crippen LogP contribution in [0.25, 0.3) is 0 Å². The number of hydrogen-bond donors (Lipinski definition) is 3. The third kappa shape index (κ3) is 10.9. The molecule has 1 aromatic heterocycles. The third-order valence-corrected chi connectivity index (χ3v) is 7.62. The number of aromatic nitrogens is 2. The zero-order chi connectivity index (χ0) is 37.6. The van der Waals surface area contributed by atoms with Crippen molar-refractivity contribution < 1.29 is 51.5 Å². The Morgan fingerprint density at radius 1 is 1.10 bits per heavy atom. The fraction of sp³-hybridized carbons (Fsp3) is 0.581. The number of amides is 1. The molecular formula is C31H43F2N6O10P. The van der Waals surface area contributed by atoms with Crippen LogP contribution in [0, 0.1) is 5.92 Å². The van der Waals surface area contributed by atoms with Crippen LogP contribution in [0.15, 0.2) is 52.1 Å². The molecule has 2 aromatic rings. The molecule has 0 saturated carbocycles. The van der Waals surface area contributed by atoms with Crippen LogP contribution in [0.3, 0.4) is 0 Å². The molecule has 16 nitrogen and oxygen atoms in total. The summed E-state index contributed by atoms with van der Waals surface area (Å²) in [7, 11) is -3.05. The van der Waals surface area contributed by atoms with Crippen molar-refractivity contribution in [2.45, 2.75) is 110 Å². The zero-order valence-electron chi connectivity index (χ0n) is 28.9. The Morgan fingerprint density at radius 3 is 2.30 bits per heavy atom. The maximum absolute atomic E-state index is 16.5. The fourth-order valence-corrected chi connectivity index (χ4v) is 5.34. The first kappa shape index (κ1) is 40.2. The molecule has 50 heavy (non-hydrogen) atoms. The van der Waals surface area contributed by atoms with E-state index in [0.29, 0.717) is 4.57 Å². The van der Waals surface area contributed by atoms with Gasteiger partial charge in [0, 0.05) is 6.20 Å². The second kappa shape index (κ2) is 16.6. The van der Waals surface area contributed by atoms with Gasteiger partial charge in [-0.1, -0.05) is 36.8 Å². The van der Waals surface area contributed by atoms with Gasteiger partial charge in [0.15, 0.2) is 18.0 Å². The molecule has 2 heterocycles. The van der Waals surface area contributed by atoms with Crippen molar-refractivity contribution in [2.24, 2.45) is 10.7 Å². The van der Waals surface area contributed by atoms with Gasteiger partial charge in [-0.3, -0.25) is 19.2 Å². The molecule has 1 aliphatic rings. The van der Waals surface area contributed by atoms with E-state index in [2.05, 4.69) is 20.4 Å². The highest BCUT2D eigenvalue weighted by Crippen LogP contribution is 2.46. The molecule has 0 spiro atoms. The van der Waals surface area contributed by atoms with Crippen molar-refractivity contribution in [3.8, 4) is 5.75 Å². The van der Waals surface area contributed by atoms with Gasteiger partial charge in [0.2, 0.25) is 6.23 Å². The number of nitrogens with zero attached hydrogens (tertiary/aromatic N) is 3. The highest BCUT2D eigenvalue weighted by atomic mass is 31.1. The molecule has 276 valence electrons. The lowest BCUT2D eigenvalue weighted by molar-refractivity contribution is -0.179. The summed E-state index contributed by atoms with van der Waals surface area (Å²) in [5.41, 5.74) is 3.38. The minimum absolute atomic E-state index is 0.120. The molecule has 7 atom stereocenters. The lowest BCUT2D eigenvalue weighted by atomic mass is 10.0. The Morgan fingerprint density at radius 2 is 1.74 bits per heavy atom. The first-order valence-corrected chi connectivity index (χ1v) is 16.8. The van der Waals surface area contributed by atoms with Crippen LogP contribution in [-0.4, -0.2) is 75.7 Å². The van der Waals surface area contributed by atoms with Gasteiger partial charge in [-0.25, -0.2) is 14.4 Å². The quantitative estimate of drug-likeness (QED) is 0.154. The van der Waals surface area contributed by atoms with Gasteiger partial charge in [0.25, 0.3) is 0 Å². The van der Waals surface area contributed by atoms with Gasteiger partial charge in [0.05, 0.1) is 6.10 Å². The predicted molar refractivity (Wildman–Crippen MR) is 174 cm³/mol. The summed E-state index contributed by atoms with van der Waals surface area (Å²) in [6.07, 6.45) is -9.55. The number of ether oxygens (including phenoxy) is 4. The average molecular weight is 729 g/mol. The van der Waals surface area contributed by atoms with Crippen molar-refractivity contribution in [3.63, 3.8) is 0 Å².